The number of hydrogen-bond donors (Lipinski definition) is 3. The van der Waals surface area contributed by atoms with Gasteiger partial charge in [0.1, 0.15) is 6.04 Å². The minimum Gasteiger partial charge on any atom is -0.480 e. The fourth-order valence-electron chi connectivity index (χ4n) is 2.43. The summed E-state index contributed by atoms with van der Waals surface area (Å²) in [4.78, 5) is 23.3. The average molecular weight is 288 g/mol. The fourth-order valence-corrected chi connectivity index (χ4v) is 2.91. The molecule has 0 bridgehead atoms. The van der Waals surface area contributed by atoms with Gasteiger partial charge in [-0.1, -0.05) is 19.3 Å². The topological polar surface area (TPSA) is 92.4 Å². The molecule has 0 radical (unpaired) electrons. The summed E-state index contributed by atoms with van der Waals surface area (Å²) < 4.78 is 0. The summed E-state index contributed by atoms with van der Waals surface area (Å²) >= 11 is 1.57. The van der Waals surface area contributed by atoms with Crippen LogP contribution >= 0.6 is 11.8 Å². The molecule has 1 aliphatic carbocycles. The number of carbonyl (C=O) groups is 2. The van der Waals surface area contributed by atoms with E-state index < -0.39 is 12.0 Å². The number of carboxylic acid groups (broad SMARTS) is 1. The van der Waals surface area contributed by atoms with Crippen LogP contribution in [0.5, 0.6) is 0 Å². The molecule has 0 aromatic heterocycles. The Hall–Kier alpha value is -0.750. The molecule has 6 heteroatoms. The highest BCUT2D eigenvalue weighted by Gasteiger charge is 2.29. The molecular weight excluding hydrogens is 264 g/mol. The molecular formula is C13H24N2O3S. The van der Waals surface area contributed by atoms with Gasteiger partial charge in [0.15, 0.2) is 0 Å². The third-order valence-corrected chi connectivity index (χ3v) is 4.28. The van der Waals surface area contributed by atoms with E-state index in [2.05, 4.69) is 5.32 Å². The Balaban J connectivity index is 2.56. The summed E-state index contributed by atoms with van der Waals surface area (Å²) in [5.41, 5.74) is 6.02. The molecule has 0 heterocycles. The number of carboxylic acids is 1. The van der Waals surface area contributed by atoms with Gasteiger partial charge in [-0.25, -0.2) is 4.79 Å². The second-order valence-corrected chi connectivity index (χ2v) is 6.07. The minimum absolute atomic E-state index is 0.141. The summed E-state index contributed by atoms with van der Waals surface area (Å²) in [6, 6.07) is -0.937. The Morgan fingerprint density at radius 1 is 1.37 bits per heavy atom. The van der Waals surface area contributed by atoms with Gasteiger partial charge in [0.2, 0.25) is 5.91 Å². The van der Waals surface area contributed by atoms with E-state index in [9.17, 15) is 9.59 Å². The lowest BCUT2D eigenvalue weighted by atomic mass is 9.94. The lowest BCUT2D eigenvalue weighted by Gasteiger charge is -2.23. The number of nitrogens with two attached hydrogens (primary N) is 1. The van der Waals surface area contributed by atoms with Gasteiger partial charge >= 0.3 is 5.97 Å². The zero-order chi connectivity index (χ0) is 14.3. The number of amides is 1. The molecule has 5 nitrogen and oxygen atoms in total. The Labute approximate surface area is 118 Å². The Bertz CT molecular complexity index is 312. The molecule has 3 atom stereocenters. The average Bonchev–Trinajstić information content (AvgIpc) is 2.58. The van der Waals surface area contributed by atoms with E-state index in [0.29, 0.717) is 12.2 Å². The van der Waals surface area contributed by atoms with E-state index in [1.54, 1.807) is 11.8 Å². The molecule has 4 N–H and O–H groups in total. The Morgan fingerprint density at radius 2 is 2.05 bits per heavy atom. The van der Waals surface area contributed by atoms with Crippen molar-refractivity contribution in [2.75, 3.05) is 12.0 Å². The van der Waals surface area contributed by atoms with Gasteiger partial charge in [-0.3, -0.25) is 4.79 Å². The largest absolute Gasteiger partial charge is 0.480 e. The van der Waals surface area contributed by atoms with Crippen LogP contribution in [-0.4, -0.2) is 41.1 Å². The Kier molecular flexibility index (Phi) is 7.23. The van der Waals surface area contributed by atoms with Gasteiger partial charge in [-0.2, -0.15) is 11.8 Å². The first kappa shape index (κ1) is 16.3. The van der Waals surface area contributed by atoms with Crippen LogP contribution in [-0.2, 0) is 9.59 Å². The van der Waals surface area contributed by atoms with Gasteiger partial charge < -0.3 is 16.2 Å². The lowest BCUT2D eigenvalue weighted by molar-refractivity contribution is -0.142. The predicted molar refractivity (Wildman–Crippen MR) is 77.1 cm³/mol. The molecule has 0 aromatic carbocycles. The van der Waals surface area contributed by atoms with Crippen molar-refractivity contribution >= 4 is 23.6 Å². The highest BCUT2D eigenvalue weighted by Crippen LogP contribution is 2.22. The van der Waals surface area contributed by atoms with Crippen LogP contribution in [0.3, 0.4) is 0 Å². The molecule has 19 heavy (non-hydrogen) atoms. The highest BCUT2D eigenvalue weighted by molar-refractivity contribution is 7.98. The van der Waals surface area contributed by atoms with Gasteiger partial charge in [0, 0.05) is 6.04 Å². The van der Waals surface area contributed by atoms with Crippen molar-refractivity contribution in [3.8, 4) is 0 Å². The summed E-state index contributed by atoms with van der Waals surface area (Å²) in [6.45, 7) is 0. The zero-order valence-corrected chi connectivity index (χ0v) is 12.2. The minimum atomic E-state index is -0.968. The third kappa shape index (κ3) is 5.40. The van der Waals surface area contributed by atoms with Crippen molar-refractivity contribution in [3.05, 3.63) is 0 Å². The summed E-state index contributed by atoms with van der Waals surface area (Å²) in [7, 11) is 0. The lowest BCUT2D eigenvalue weighted by Crippen LogP contribution is -2.48. The first-order valence-electron chi connectivity index (χ1n) is 6.84. The summed E-state index contributed by atoms with van der Waals surface area (Å²) in [5.74, 6) is -0.681. The van der Waals surface area contributed by atoms with Gasteiger partial charge in [0.25, 0.3) is 0 Å². The standard InChI is InChI=1S/C13H24N2O3S/c1-19-8-7-11(13(17)18)15-12(16)9-5-3-2-4-6-10(9)14/h9-11H,2-8,14H2,1H3,(H,15,16)(H,17,18)/t9?,10?,11-/m0/s1. The van der Waals surface area contributed by atoms with Crippen molar-refractivity contribution < 1.29 is 14.7 Å². The van der Waals surface area contributed by atoms with Crippen molar-refractivity contribution in [3.63, 3.8) is 0 Å². The molecule has 2 unspecified atom stereocenters. The molecule has 0 saturated heterocycles. The number of aliphatic carboxylic acids is 1. The number of carbonyl (C=O) groups excluding carboxylic acids is 1. The molecule has 110 valence electrons. The zero-order valence-electron chi connectivity index (χ0n) is 11.4. The maximum atomic E-state index is 12.2. The highest BCUT2D eigenvalue weighted by atomic mass is 32.2. The summed E-state index contributed by atoms with van der Waals surface area (Å²) in [6.07, 6.45) is 7.13. The van der Waals surface area contributed by atoms with Crippen LogP contribution in [0, 0.1) is 5.92 Å². The number of hydrogen-bond acceptors (Lipinski definition) is 4. The molecule has 1 amide bonds. The maximum Gasteiger partial charge on any atom is 0.326 e. The van der Waals surface area contributed by atoms with Crippen LogP contribution in [0.25, 0.3) is 0 Å². The van der Waals surface area contributed by atoms with E-state index in [0.717, 1.165) is 32.1 Å². The molecule has 1 saturated carbocycles. The molecule has 0 aliphatic heterocycles. The van der Waals surface area contributed by atoms with E-state index >= 15 is 0 Å². The van der Waals surface area contributed by atoms with Crippen molar-refractivity contribution in [2.45, 2.75) is 50.6 Å². The fraction of sp³-hybridized carbons (Fsp3) is 0.846. The van der Waals surface area contributed by atoms with Gasteiger partial charge in [-0.15, -0.1) is 0 Å². The smallest absolute Gasteiger partial charge is 0.326 e. The maximum absolute atomic E-state index is 12.2. The van der Waals surface area contributed by atoms with Crippen LogP contribution in [0.2, 0.25) is 0 Å². The third-order valence-electron chi connectivity index (χ3n) is 3.63. The number of thioether (sulfide) groups is 1. The van der Waals surface area contributed by atoms with E-state index in [1.165, 1.54) is 0 Å². The Morgan fingerprint density at radius 3 is 2.68 bits per heavy atom. The van der Waals surface area contributed by atoms with Crippen molar-refractivity contribution in [2.24, 2.45) is 11.7 Å². The first-order chi connectivity index (χ1) is 9.06. The number of nitrogens with one attached hydrogen (secondary N) is 1. The molecule has 1 aliphatic rings. The van der Waals surface area contributed by atoms with Gasteiger partial charge in [-0.05, 0) is 31.3 Å². The number of rotatable bonds is 6. The first-order valence-corrected chi connectivity index (χ1v) is 8.23. The van der Waals surface area contributed by atoms with E-state index in [1.807, 2.05) is 6.26 Å². The van der Waals surface area contributed by atoms with E-state index in [4.69, 9.17) is 10.8 Å². The molecule has 1 rings (SSSR count). The quantitative estimate of drug-likeness (QED) is 0.639. The second kappa shape index (κ2) is 8.43. The normalized spacial score (nSPS) is 25.4. The van der Waals surface area contributed by atoms with Crippen LogP contribution in [0.1, 0.15) is 38.5 Å². The van der Waals surface area contributed by atoms with Crippen molar-refractivity contribution in [1.82, 2.24) is 5.32 Å². The van der Waals surface area contributed by atoms with Gasteiger partial charge in [0.05, 0.1) is 5.92 Å². The van der Waals surface area contributed by atoms with Crippen LogP contribution in [0.15, 0.2) is 0 Å². The predicted octanol–water partition coefficient (Wildman–Crippen LogP) is 1.22. The van der Waals surface area contributed by atoms with E-state index in [-0.39, 0.29) is 17.9 Å². The van der Waals surface area contributed by atoms with Crippen LogP contribution < -0.4 is 11.1 Å². The van der Waals surface area contributed by atoms with Crippen molar-refractivity contribution in [1.29, 1.82) is 0 Å². The SMILES string of the molecule is CSCC[C@H](NC(=O)C1CCCCCC1N)C(=O)O. The molecule has 1 fully saturated rings. The molecule has 0 aromatic rings. The molecule has 0 spiro atoms. The summed E-state index contributed by atoms with van der Waals surface area (Å²) in [5, 5.41) is 11.8. The second-order valence-electron chi connectivity index (χ2n) is 5.09. The van der Waals surface area contributed by atoms with Crippen LogP contribution in [0.4, 0.5) is 0 Å². The monoisotopic (exact) mass is 288 g/mol.